The molecule has 1 amide bonds. The minimum Gasteiger partial charge on any atom is -0.483 e. The second-order valence-electron chi connectivity index (χ2n) is 10.3. The summed E-state index contributed by atoms with van der Waals surface area (Å²) >= 11 is 0. The summed E-state index contributed by atoms with van der Waals surface area (Å²) in [6.07, 6.45) is 4.24. The number of sulfonamides is 1. The van der Waals surface area contributed by atoms with Crippen LogP contribution in [-0.4, -0.2) is 72.8 Å². The number of pyridine rings is 1. The van der Waals surface area contributed by atoms with E-state index in [0.717, 1.165) is 41.9 Å². The van der Waals surface area contributed by atoms with E-state index >= 15 is 0 Å². The minimum absolute atomic E-state index is 0.0335. The number of hydrogen-bond acceptors (Lipinski definition) is 7. The fourth-order valence-electron chi connectivity index (χ4n) is 5.19. The van der Waals surface area contributed by atoms with E-state index in [1.54, 1.807) is 24.3 Å². The van der Waals surface area contributed by atoms with Gasteiger partial charge in [-0.25, -0.2) is 17.2 Å². The maximum absolute atomic E-state index is 14.1. The van der Waals surface area contributed by atoms with Gasteiger partial charge in [-0.2, -0.15) is 9.57 Å². The maximum atomic E-state index is 14.1. The van der Waals surface area contributed by atoms with Crippen LogP contribution in [0.25, 0.3) is 0 Å². The first-order chi connectivity index (χ1) is 20.6. The SMILES string of the molecule is CN1CCC(c2ccc(CN(C(=O)[C@H]3CCN3S(=O)(=O)c3cc(F)c(F)c(C#N)c3)c3ccccc3)nc2)CC1.O=CO. The van der Waals surface area contributed by atoms with Crippen LogP contribution in [0, 0.1) is 23.0 Å². The Morgan fingerprint density at radius 3 is 2.35 bits per heavy atom. The third-order valence-electron chi connectivity index (χ3n) is 7.68. The predicted octanol–water partition coefficient (Wildman–Crippen LogP) is 3.74. The summed E-state index contributed by atoms with van der Waals surface area (Å²) in [5.41, 5.74) is 1.68. The number of likely N-dealkylation sites (tertiary alicyclic amines) is 1. The summed E-state index contributed by atoms with van der Waals surface area (Å²) in [5.74, 6) is -2.87. The van der Waals surface area contributed by atoms with Crippen LogP contribution in [0.1, 0.15) is 42.0 Å². The molecule has 2 aliphatic heterocycles. The zero-order valence-corrected chi connectivity index (χ0v) is 24.3. The molecule has 43 heavy (non-hydrogen) atoms. The van der Waals surface area contributed by atoms with Gasteiger partial charge in [0.15, 0.2) is 11.6 Å². The number of para-hydroxylation sites is 1. The number of carbonyl (C=O) groups is 2. The molecule has 10 nitrogen and oxygen atoms in total. The van der Waals surface area contributed by atoms with Gasteiger partial charge in [0.25, 0.3) is 6.47 Å². The van der Waals surface area contributed by atoms with Gasteiger partial charge < -0.3 is 14.9 Å². The molecule has 1 N–H and O–H groups in total. The van der Waals surface area contributed by atoms with Crippen LogP contribution in [0.5, 0.6) is 0 Å². The highest BCUT2D eigenvalue weighted by Gasteiger charge is 2.45. The summed E-state index contributed by atoms with van der Waals surface area (Å²) in [6, 6.07) is 14.6. The predicted molar refractivity (Wildman–Crippen MR) is 153 cm³/mol. The Morgan fingerprint density at radius 1 is 1.12 bits per heavy atom. The number of carbonyl (C=O) groups excluding carboxylic acids is 1. The van der Waals surface area contributed by atoms with Crippen molar-refractivity contribution in [3.05, 3.63) is 89.2 Å². The molecule has 0 saturated carbocycles. The van der Waals surface area contributed by atoms with Crippen LogP contribution in [-0.2, 0) is 26.2 Å². The first kappa shape index (κ1) is 31.7. The number of rotatable bonds is 7. The Kier molecular flexibility index (Phi) is 10.2. The Morgan fingerprint density at radius 2 is 1.79 bits per heavy atom. The summed E-state index contributed by atoms with van der Waals surface area (Å²) in [6.45, 7) is 1.98. The smallest absolute Gasteiger partial charge is 0.290 e. The number of aromatic nitrogens is 1. The second-order valence-corrected chi connectivity index (χ2v) is 12.2. The van der Waals surface area contributed by atoms with Gasteiger partial charge >= 0.3 is 0 Å². The first-order valence-electron chi connectivity index (χ1n) is 13.6. The number of benzene rings is 2. The Hall–Kier alpha value is -4.25. The van der Waals surface area contributed by atoms with E-state index in [4.69, 9.17) is 15.2 Å². The van der Waals surface area contributed by atoms with Gasteiger partial charge in [-0.15, -0.1) is 0 Å². The standard InChI is InChI=1S/C29H29F2N5O3S.CH2O2/c1-34-12-9-20(10-13-34)21-7-8-23(33-18-21)19-35(24-5-3-2-4-6-24)29(37)27-11-14-36(27)40(38,39)25-15-22(17-32)28(31)26(30)16-25;2-1-3/h2-8,15-16,18,20,27H,9-14,19H2,1H3;1H,(H,2,3)/t27-;/m1./s1. The fourth-order valence-corrected chi connectivity index (χ4v) is 6.85. The van der Waals surface area contributed by atoms with Crippen molar-refractivity contribution in [2.45, 2.75) is 42.7 Å². The molecule has 226 valence electrons. The van der Waals surface area contributed by atoms with Crippen LogP contribution in [0.15, 0.2) is 65.7 Å². The van der Waals surface area contributed by atoms with Crippen molar-refractivity contribution in [3.8, 4) is 6.07 Å². The Balaban J connectivity index is 0.00000135. The van der Waals surface area contributed by atoms with Gasteiger partial charge in [-0.05, 0) is 81.2 Å². The maximum Gasteiger partial charge on any atom is 0.290 e. The van der Waals surface area contributed by atoms with Crippen molar-refractivity contribution < 1.29 is 31.9 Å². The zero-order valence-electron chi connectivity index (χ0n) is 23.4. The summed E-state index contributed by atoms with van der Waals surface area (Å²) in [7, 11) is -2.26. The molecule has 1 aromatic heterocycles. The lowest BCUT2D eigenvalue weighted by Gasteiger charge is -2.41. The van der Waals surface area contributed by atoms with E-state index in [9.17, 15) is 22.0 Å². The molecule has 0 unspecified atom stereocenters. The number of piperidine rings is 1. The summed E-state index contributed by atoms with van der Waals surface area (Å²) in [5, 5.41) is 16.0. The first-order valence-corrected chi connectivity index (χ1v) is 15.0. The van der Waals surface area contributed by atoms with Crippen molar-refractivity contribution in [2.75, 3.05) is 31.6 Å². The molecular weight excluding hydrogens is 580 g/mol. The number of anilines is 1. The summed E-state index contributed by atoms with van der Waals surface area (Å²) < 4.78 is 55.5. The average Bonchev–Trinajstić information content (AvgIpc) is 2.98. The van der Waals surface area contributed by atoms with Crippen LogP contribution in [0.3, 0.4) is 0 Å². The Bertz CT molecular complexity index is 1590. The van der Waals surface area contributed by atoms with E-state index in [1.807, 2.05) is 24.4 Å². The van der Waals surface area contributed by atoms with E-state index in [-0.39, 0.29) is 26.0 Å². The average molecular weight is 612 g/mol. The van der Waals surface area contributed by atoms with Crippen LogP contribution < -0.4 is 4.90 Å². The zero-order chi connectivity index (χ0) is 31.1. The third kappa shape index (κ3) is 7.05. The van der Waals surface area contributed by atoms with Gasteiger partial charge in [0, 0.05) is 18.4 Å². The number of nitrogens with zero attached hydrogens (tertiary/aromatic N) is 5. The molecule has 13 heteroatoms. The molecule has 2 fully saturated rings. The number of halogens is 2. The van der Waals surface area contributed by atoms with Crippen molar-refractivity contribution >= 4 is 28.1 Å². The summed E-state index contributed by atoms with van der Waals surface area (Å²) in [4.78, 5) is 30.0. The topological polar surface area (TPSA) is 135 Å². The monoisotopic (exact) mass is 611 g/mol. The van der Waals surface area contributed by atoms with E-state index in [2.05, 4.69) is 16.9 Å². The van der Waals surface area contributed by atoms with Crippen molar-refractivity contribution in [1.82, 2.24) is 14.2 Å². The van der Waals surface area contributed by atoms with E-state index in [1.165, 1.54) is 11.0 Å². The highest BCUT2D eigenvalue weighted by atomic mass is 32.2. The second kappa shape index (κ2) is 13.8. The fraction of sp³-hybridized carbons (Fsp3) is 0.333. The number of nitriles is 1. The lowest BCUT2D eigenvalue weighted by Crippen LogP contribution is -2.59. The van der Waals surface area contributed by atoms with Gasteiger partial charge in [0.2, 0.25) is 15.9 Å². The molecule has 2 aliphatic rings. The molecule has 0 bridgehead atoms. The molecule has 5 rings (SSSR count). The van der Waals surface area contributed by atoms with Crippen LogP contribution >= 0.6 is 0 Å². The Labute approximate surface area is 248 Å². The number of hydrogen-bond donors (Lipinski definition) is 1. The highest BCUT2D eigenvalue weighted by molar-refractivity contribution is 7.89. The molecule has 1 atom stereocenters. The van der Waals surface area contributed by atoms with Crippen molar-refractivity contribution in [1.29, 1.82) is 5.26 Å². The largest absolute Gasteiger partial charge is 0.483 e. The third-order valence-corrected chi connectivity index (χ3v) is 9.56. The molecule has 0 radical (unpaired) electrons. The van der Waals surface area contributed by atoms with E-state index < -0.39 is 44.1 Å². The van der Waals surface area contributed by atoms with Crippen molar-refractivity contribution in [2.24, 2.45) is 0 Å². The molecular formula is C30H31F2N5O5S. The lowest BCUT2D eigenvalue weighted by atomic mass is 9.90. The van der Waals surface area contributed by atoms with Gasteiger partial charge in [0.1, 0.15) is 12.1 Å². The minimum atomic E-state index is -4.37. The molecule has 2 saturated heterocycles. The number of carboxylic acid groups (broad SMARTS) is 1. The molecule has 0 aliphatic carbocycles. The molecule has 2 aromatic carbocycles. The molecule has 3 aromatic rings. The molecule has 0 spiro atoms. The van der Waals surface area contributed by atoms with Gasteiger partial charge in [0.05, 0.1) is 22.7 Å². The van der Waals surface area contributed by atoms with Crippen molar-refractivity contribution in [3.63, 3.8) is 0 Å². The van der Waals surface area contributed by atoms with Gasteiger partial charge in [-0.3, -0.25) is 14.6 Å². The normalized spacial score (nSPS) is 17.6. The van der Waals surface area contributed by atoms with E-state index in [0.29, 0.717) is 23.4 Å². The number of amides is 1. The highest BCUT2D eigenvalue weighted by Crippen LogP contribution is 2.32. The van der Waals surface area contributed by atoms with Crippen LogP contribution in [0.2, 0.25) is 0 Å². The van der Waals surface area contributed by atoms with Gasteiger partial charge in [-0.1, -0.05) is 24.3 Å². The quantitative estimate of drug-likeness (QED) is 0.400. The van der Waals surface area contributed by atoms with Crippen LogP contribution in [0.4, 0.5) is 14.5 Å². The molecule has 3 heterocycles. The lowest BCUT2D eigenvalue weighted by molar-refractivity contribution is -0.125.